The molecule has 0 saturated carbocycles. The van der Waals surface area contributed by atoms with Crippen molar-refractivity contribution in [2.75, 3.05) is 36.5 Å². The van der Waals surface area contributed by atoms with E-state index in [2.05, 4.69) is 5.32 Å². The molecule has 10 heteroatoms. The van der Waals surface area contributed by atoms with Crippen LogP contribution in [0, 0.1) is 12.3 Å². The molecular formula is C25H29N5O5. The van der Waals surface area contributed by atoms with Crippen LogP contribution < -0.4 is 16.0 Å². The Kier molecular flexibility index (Phi) is 7.13. The number of nitrogens with two attached hydrogens (primary N) is 1. The predicted octanol–water partition coefficient (Wildman–Crippen LogP) is 1.25. The third-order valence-corrected chi connectivity index (χ3v) is 6.28. The Labute approximate surface area is 203 Å². The lowest BCUT2D eigenvalue weighted by Gasteiger charge is -2.35. The third kappa shape index (κ3) is 5.18. The zero-order valence-corrected chi connectivity index (χ0v) is 19.5. The maximum absolute atomic E-state index is 13.3. The molecule has 0 aliphatic carbocycles. The number of ether oxygens (including phenoxy) is 1. The summed E-state index contributed by atoms with van der Waals surface area (Å²) in [6.45, 7) is 3.64. The maximum Gasteiger partial charge on any atom is 0.259 e. The largest absolute Gasteiger partial charge is 0.384 e. The molecule has 2 fully saturated rings. The molecule has 2 unspecified atom stereocenters. The first-order valence-electron chi connectivity index (χ1n) is 11.5. The Hall–Kier alpha value is -3.76. The second kappa shape index (κ2) is 10.2. The minimum atomic E-state index is -1.74. The van der Waals surface area contributed by atoms with E-state index in [0.29, 0.717) is 22.5 Å². The summed E-state index contributed by atoms with van der Waals surface area (Å²) in [6.07, 6.45) is -1.17. The topological polar surface area (TPSA) is 149 Å². The molecule has 4 rings (SSSR count). The average molecular weight is 480 g/mol. The first kappa shape index (κ1) is 24.4. The molecule has 2 heterocycles. The molecule has 2 aliphatic rings. The Morgan fingerprint density at radius 1 is 1.11 bits per heavy atom. The van der Waals surface area contributed by atoms with Crippen LogP contribution in [0.3, 0.4) is 0 Å². The standard InChI is InChI=1S/C25H29N5O5/c1-15-4-5-17(24(33)29-10-2-3-11-29)14-19(15)30-12-13-35-21(25(30)34)20(31)23(32)28-18-8-6-16(7-9-18)22(26)27/h4-9,14,20-21,31H,2-3,10-13H2,1H3,(H3,26,27)(H,28,32). The fraction of sp³-hybridized carbons (Fsp3) is 0.360. The van der Waals surface area contributed by atoms with Gasteiger partial charge in [-0.3, -0.25) is 19.8 Å². The van der Waals surface area contributed by atoms with Crippen LogP contribution in [-0.2, 0) is 14.3 Å². The molecule has 5 N–H and O–H groups in total. The van der Waals surface area contributed by atoms with Crippen LogP contribution in [0.5, 0.6) is 0 Å². The van der Waals surface area contributed by atoms with E-state index in [1.807, 2.05) is 6.92 Å². The summed E-state index contributed by atoms with van der Waals surface area (Å²) in [4.78, 5) is 42.0. The van der Waals surface area contributed by atoms with Gasteiger partial charge < -0.3 is 30.7 Å². The number of aliphatic hydroxyl groups excluding tert-OH is 1. The zero-order valence-electron chi connectivity index (χ0n) is 19.5. The number of carbonyl (C=O) groups excluding carboxylic acids is 3. The smallest absolute Gasteiger partial charge is 0.259 e. The molecule has 0 spiro atoms. The highest BCUT2D eigenvalue weighted by molar-refractivity contribution is 6.05. The molecule has 2 aromatic carbocycles. The SMILES string of the molecule is Cc1ccc(C(=O)N2CCCC2)cc1N1CCOC(C(O)C(=O)Nc2ccc(C(=N)N)cc2)C1=O. The molecule has 2 saturated heterocycles. The van der Waals surface area contributed by atoms with E-state index in [0.717, 1.165) is 31.5 Å². The number of nitrogen functional groups attached to an aromatic ring is 1. The van der Waals surface area contributed by atoms with Gasteiger partial charge in [0.25, 0.3) is 17.7 Å². The Balaban J connectivity index is 1.48. The van der Waals surface area contributed by atoms with Crippen molar-refractivity contribution in [3.63, 3.8) is 0 Å². The summed E-state index contributed by atoms with van der Waals surface area (Å²) in [5.74, 6) is -1.53. The number of nitrogens with zero attached hydrogens (tertiary/aromatic N) is 2. The predicted molar refractivity (Wildman–Crippen MR) is 131 cm³/mol. The number of hydrogen-bond acceptors (Lipinski definition) is 6. The fourth-order valence-electron chi connectivity index (χ4n) is 4.29. The lowest BCUT2D eigenvalue weighted by molar-refractivity contribution is -0.150. The fourth-order valence-corrected chi connectivity index (χ4v) is 4.29. The monoisotopic (exact) mass is 479 g/mol. The average Bonchev–Trinajstić information content (AvgIpc) is 3.39. The quantitative estimate of drug-likeness (QED) is 0.362. The van der Waals surface area contributed by atoms with E-state index in [4.69, 9.17) is 15.9 Å². The third-order valence-electron chi connectivity index (χ3n) is 6.28. The van der Waals surface area contributed by atoms with Crippen molar-refractivity contribution in [2.45, 2.75) is 32.0 Å². The lowest BCUT2D eigenvalue weighted by atomic mass is 10.0. The molecule has 2 aliphatic heterocycles. The Morgan fingerprint density at radius 3 is 2.43 bits per heavy atom. The van der Waals surface area contributed by atoms with Crippen LogP contribution in [0.4, 0.5) is 11.4 Å². The molecule has 3 amide bonds. The van der Waals surface area contributed by atoms with Crippen molar-refractivity contribution in [2.24, 2.45) is 5.73 Å². The number of hydrogen-bond donors (Lipinski definition) is 4. The number of anilines is 2. The maximum atomic E-state index is 13.3. The van der Waals surface area contributed by atoms with Gasteiger partial charge >= 0.3 is 0 Å². The number of aliphatic hydroxyl groups is 1. The first-order chi connectivity index (χ1) is 16.8. The minimum absolute atomic E-state index is 0.0730. The van der Waals surface area contributed by atoms with Crippen molar-refractivity contribution in [3.05, 3.63) is 59.2 Å². The van der Waals surface area contributed by atoms with Crippen molar-refractivity contribution in [1.82, 2.24) is 4.90 Å². The number of rotatable bonds is 6. The van der Waals surface area contributed by atoms with Crippen molar-refractivity contribution in [3.8, 4) is 0 Å². The van der Waals surface area contributed by atoms with Crippen LogP contribution in [0.25, 0.3) is 0 Å². The zero-order chi connectivity index (χ0) is 25.1. The summed E-state index contributed by atoms with van der Waals surface area (Å²) in [6, 6.07) is 11.5. The highest BCUT2D eigenvalue weighted by atomic mass is 16.5. The van der Waals surface area contributed by atoms with E-state index >= 15 is 0 Å². The Bertz CT molecular complexity index is 1140. The van der Waals surface area contributed by atoms with Gasteiger partial charge in [-0.05, 0) is 61.7 Å². The molecule has 10 nitrogen and oxygen atoms in total. The number of amidine groups is 1. The van der Waals surface area contributed by atoms with Gasteiger partial charge in [0.2, 0.25) is 0 Å². The molecule has 0 radical (unpaired) electrons. The molecule has 0 bridgehead atoms. The van der Waals surface area contributed by atoms with E-state index in [-0.39, 0.29) is 24.9 Å². The molecule has 35 heavy (non-hydrogen) atoms. The summed E-state index contributed by atoms with van der Waals surface area (Å²) in [7, 11) is 0. The van der Waals surface area contributed by atoms with Crippen LogP contribution in [0.1, 0.15) is 34.3 Å². The molecule has 2 aromatic rings. The van der Waals surface area contributed by atoms with Gasteiger partial charge in [0.15, 0.2) is 12.2 Å². The number of nitrogens with one attached hydrogen (secondary N) is 2. The van der Waals surface area contributed by atoms with E-state index in [1.165, 1.54) is 4.90 Å². The number of morpholine rings is 1. The molecule has 184 valence electrons. The van der Waals surface area contributed by atoms with Gasteiger partial charge in [-0.1, -0.05) is 6.07 Å². The van der Waals surface area contributed by atoms with Gasteiger partial charge in [0, 0.05) is 42.1 Å². The van der Waals surface area contributed by atoms with Gasteiger partial charge in [-0.2, -0.15) is 0 Å². The van der Waals surface area contributed by atoms with Crippen LogP contribution in [-0.4, -0.2) is 72.0 Å². The van der Waals surface area contributed by atoms with Gasteiger partial charge in [-0.25, -0.2) is 0 Å². The number of carbonyl (C=O) groups is 3. The highest BCUT2D eigenvalue weighted by Gasteiger charge is 2.40. The summed E-state index contributed by atoms with van der Waals surface area (Å²) < 4.78 is 5.49. The highest BCUT2D eigenvalue weighted by Crippen LogP contribution is 2.27. The van der Waals surface area contributed by atoms with Crippen LogP contribution in [0.2, 0.25) is 0 Å². The number of likely N-dealkylation sites (tertiary alicyclic amines) is 1. The Morgan fingerprint density at radius 2 is 1.77 bits per heavy atom. The van der Waals surface area contributed by atoms with Crippen molar-refractivity contribution < 1.29 is 24.2 Å². The van der Waals surface area contributed by atoms with Crippen molar-refractivity contribution in [1.29, 1.82) is 5.41 Å². The van der Waals surface area contributed by atoms with Gasteiger partial charge in [-0.15, -0.1) is 0 Å². The van der Waals surface area contributed by atoms with E-state index in [9.17, 15) is 19.5 Å². The van der Waals surface area contributed by atoms with Gasteiger partial charge in [0.1, 0.15) is 5.84 Å². The molecule has 0 aromatic heterocycles. The van der Waals surface area contributed by atoms with Crippen molar-refractivity contribution >= 4 is 34.9 Å². The van der Waals surface area contributed by atoms with Gasteiger partial charge in [0.05, 0.1) is 6.61 Å². The summed E-state index contributed by atoms with van der Waals surface area (Å²) in [5.41, 5.74) is 8.15. The minimum Gasteiger partial charge on any atom is -0.384 e. The first-order valence-corrected chi connectivity index (χ1v) is 11.5. The lowest BCUT2D eigenvalue weighted by Crippen LogP contribution is -2.55. The second-order valence-electron chi connectivity index (χ2n) is 8.71. The summed E-state index contributed by atoms with van der Waals surface area (Å²) in [5, 5.41) is 20.6. The van der Waals surface area contributed by atoms with Crippen LogP contribution >= 0.6 is 0 Å². The van der Waals surface area contributed by atoms with E-state index in [1.54, 1.807) is 47.4 Å². The van der Waals surface area contributed by atoms with E-state index < -0.39 is 24.0 Å². The molecular weight excluding hydrogens is 450 g/mol. The number of amides is 3. The second-order valence-corrected chi connectivity index (χ2v) is 8.71. The summed E-state index contributed by atoms with van der Waals surface area (Å²) >= 11 is 0. The number of benzene rings is 2. The number of aryl methyl sites for hydroxylation is 1. The molecule has 2 atom stereocenters. The normalized spacial score (nSPS) is 18.9. The van der Waals surface area contributed by atoms with Crippen LogP contribution in [0.15, 0.2) is 42.5 Å².